The summed E-state index contributed by atoms with van der Waals surface area (Å²) in [4.78, 5) is 27.7. The third kappa shape index (κ3) is 8.36. The Labute approximate surface area is 210 Å². The first-order valence-electron chi connectivity index (χ1n) is 12.5. The van der Waals surface area contributed by atoms with Crippen molar-refractivity contribution in [2.24, 2.45) is 17.8 Å². The van der Waals surface area contributed by atoms with E-state index in [1.807, 2.05) is 18.0 Å². The Morgan fingerprint density at radius 1 is 1.15 bits per heavy atom. The molecule has 1 aliphatic rings. The van der Waals surface area contributed by atoms with Gasteiger partial charge in [0.1, 0.15) is 12.5 Å². The van der Waals surface area contributed by atoms with Gasteiger partial charge in [-0.2, -0.15) is 0 Å². The lowest BCUT2D eigenvalue weighted by Gasteiger charge is -2.47. The van der Waals surface area contributed by atoms with Crippen molar-refractivity contribution in [3.05, 3.63) is 35.9 Å². The molecule has 0 radical (unpaired) electrons. The number of ether oxygens (including phenoxy) is 2. The van der Waals surface area contributed by atoms with Gasteiger partial charge < -0.3 is 9.47 Å². The summed E-state index contributed by atoms with van der Waals surface area (Å²) in [5.41, 5.74) is 1.12. The van der Waals surface area contributed by atoms with Crippen molar-refractivity contribution in [3.63, 3.8) is 0 Å². The number of carbonyl (C=O) groups excluding carboxylic acids is 2. The number of Topliss-reactive ketones (excluding diaryl/α,β-unsaturated/α-hetero) is 1. The first-order chi connectivity index (χ1) is 16.2. The van der Waals surface area contributed by atoms with Crippen LogP contribution in [0.1, 0.15) is 52.5 Å². The van der Waals surface area contributed by atoms with E-state index in [1.54, 1.807) is 21.0 Å². The van der Waals surface area contributed by atoms with Crippen LogP contribution >= 0.6 is 11.9 Å². The van der Waals surface area contributed by atoms with E-state index in [2.05, 4.69) is 54.4 Å². The Bertz CT molecular complexity index is 752. The van der Waals surface area contributed by atoms with E-state index in [4.69, 9.17) is 9.47 Å². The fourth-order valence-electron chi connectivity index (χ4n) is 4.40. The molecule has 0 spiro atoms. The van der Waals surface area contributed by atoms with E-state index in [-0.39, 0.29) is 17.2 Å². The molecule has 0 N–H and O–H groups in total. The molecule has 1 fully saturated rings. The quantitative estimate of drug-likeness (QED) is 0.212. The molecule has 1 aromatic rings. The molecular formula is C27H44N2O4S. The minimum absolute atomic E-state index is 0.124. The number of hydrogen-bond acceptors (Lipinski definition) is 7. The zero-order valence-electron chi connectivity index (χ0n) is 21.9. The molecule has 0 saturated carbocycles. The highest BCUT2D eigenvalue weighted by Gasteiger charge is 2.40. The molecule has 1 heterocycles. The molecule has 1 aliphatic heterocycles. The maximum absolute atomic E-state index is 12.8. The molecule has 2 unspecified atom stereocenters. The minimum atomic E-state index is -0.774. The van der Waals surface area contributed by atoms with Crippen LogP contribution in [-0.2, 0) is 24.8 Å². The van der Waals surface area contributed by atoms with Gasteiger partial charge in [0, 0.05) is 38.4 Å². The summed E-state index contributed by atoms with van der Waals surface area (Å²) < 4.78 is 13.3. The number of ketones is 1. The van der Waals surface area contributed by atoms with Crippen LogP contribution in [0.3, 0.4) is 0 Å². The van der Waals surface area contributed by atoms with Crippen LogP contribution in [0.5, 0.6) is 0 Å². The van der Waals surface area contributed by atoms with E-state index >= 15 is 0 Å². The zero-order valence-corrected chi connectivity index (χ0v) is 22.7. The van der Waals surface area contributed by atoms with Crippen LogP contribution in [0.2, 0.25) is 0 Å². The molecule has 2 rings (SSSR count). The Kier molecular flexibility index (Phi) is 12.1. The Morgan fingerprint density at radius 3 is 2.38 bits per heavy atom. The van der Waals surface area contributed by atoms with E-state index < -0.39 is 11.9 Å². The van der Waals surface area contributed by atoms with Gasteiger partial charge in [0.05, 0.1) is 12.1 Å². The van der Waals surface area contributed by atoms with Crippen molar-refractivity contribution in [3.8, 4) is 0 Å². The number of carbonyl (C=O) groups is 2. The van der Waals surface area contributed by atoms with Crippen molar-refractivity contribution in [1.82, 2.24) is 9.21 Å². The second kappa shape index (κ2) is 14.2. The van der Waals surface area contributed by atoms with Crippen LogP contribution in [0.15, 0.2) is 30.3 Å². The van der Waals surface area contributed by atoms with Crippen LogP contribution in [-0.4, -0.2) is 73.5 Å². The van der Waals surface area contributed by atoms with Gasteiger partial charge in [-0.15, -0.1) is 0 Å². The molecule has 1 aromatic carbocycles. The summed E-state index contributed by atoms with van der Waals surface area (Å²) in [6.45, 7) is 11.4. The normalized spacial score (nSPS) is 18.9. The number of nitrogens with zero attached hydrogens (tertiary/aromatic N) is 2. The monoisotopic (exact) mass is 492 g/mol. The van der Waals surface area contributed by atoms with Gasteiger partial charge >= 0.3 is 5.97 Å². The smallest absolute Gasteiger partial charge is 0.316 e. The van der Waals surface area contributed by atoms with E-state index in [9.17, 15) is 9.59 Å². The fourth-order valence-corrected chi connectivity index (χ4v) is 5.37. The summed E-state index contributed by atoms with van der Waals surface area (Å²) in [6, 6.07) is 10.5. The van der Waals surface area contributed by atoms with Crippen molar-refractivity contribution in [2.45, 2.75) is 58.2 Å². The number of methoxy groups -OCH3 is 1. The van der Waals surface area contributed by atoms with Gasteiger partial charge in [-0.1, -0.05) is 69.5 Å². The number of hydrogen-bond donors (Lipinski definition) is 0. The average Bonchev–Trinajstić information content (AvgIpc) is 2.86. The first kappa shape index (κ1) is 28.8. The van der Waals surface area contributed by atoms with Crippen molar-refractivity contribution in [2.75, 3.05) is 47.0 Å². The molecule has 0 bridgehead atoms. The highest BCUT2D eigenvalue weighted by atomic mass is 32.2. The third-order valence-corrected chi connectivity index (χ3v) is 8.36. The Morgan fingerprint density at radius 2 is 1.79 bits per heavy atom. The standard InChI is InChI=1S/C27H44N2O4S/c1-7-21(2)17-28(5)27(20-33-26(31)23(4)25(30)22(3)18-32-6)13-15-29(16-14-27)34-19-24-11-9-8-10-12-24/h8-12,21-23H,7,13-20H2,1-6H3/t21?,22-,23?/m1/s1. The SMILES string of the molecule is CCC(C)CN(C)C1(COC(=O)C(C)C(=O)[C@H](C)COC)CCN(SCc2ccccc2)CC1. The highest BCUT2D eigenvalue weighted by molar-refractivity contribution is 7.96. The largest absolute Gasteiger partial charge is 0.463 e. The zero-order chi connectivity index (χ0) is 25.1. The van der Waals surface area contributed by atoms with Crippen molar-refractivity contribution >= 4 is 23.7 Å². The lowest BCUT2D eigenvalue weighted by molar-refractivity contribution is -0.157. The fraction of sp³-hybridized carbons (Fsp3) is 0.704. The number of piperidine rings is 1. The van der Waals surface area contributed by atoms with Gasteiger partial charge in [0.2, 0.25) is 0 Å². The second-order valence-corrected chi connectivity index (χ2v) is 11.0. The van der Waals surface area contributed by atoms with Gasteiger partial charge in [0.25, 0.3) is 0 Å². The molecule has 3 atom stereocenters. The summed E-state index contributed by atoms with van der Waals surface area (Å²) in [7, 11) is 3.72. The molecule has 0 aromatic heterocycles. The predicted molar refractivity (Wildman–Crippen MR) is 140 cm³/mol. The minimum Gasteiger partial charge on any atom is -0.463 e. The van der Waals surface area contributed by atoms with E-state index in [0.717, 1.165) is 44.6 Å². The number of likely N-dealkylation sites (N-methyl/N-ethyl adjacent to an activating group) is 1. The summed E-state index contributed by atoms with van der Waals surface area (Å²) in [5.74, 6) is -0.113. The predicted octanol–water partition coefficient (Wildman–Crippen LogP) is 4.68. The first-order valence-corrected chi connectivity index (χ1v) is 13.5. The Balaban J connectivity index is 1.99. The topological polar surface area (TPSA) is 59.1 Å². The molecular weight excluding hydrogens is 448 g/mol. The summed E-state index contributed by atoms with van der Waals surface area (Å²) in [5, 5.41) is 0. The lowest BCUT2D eigenvalue weighted by atomic mass is 9.86. The second-order valence-electron chi connectivity index (χ2n) is 9.89. The maximum atomic E-state index is 12.8. The lowest BCUT2D eigenvalue weighted by Crippen LogP contribution is -2.57. The number of benzene rings is 1. The van der Waals surface area contributed by atoms with Gasteiger partial charge in [-0.05, 0) is 38.3 Å². The summed E-state index contributed by atoms with van der Waals surface area (Å²) >= 11 is 1.87. The van der Waals surface area contributed by atoms with Gasteiger partial charge in [-0.25, -0.2) is 0 Å². The number of esters is 1. The molecule has 6 nitrogen and oxygen atoms in total. The number of rotatable bonds is 14. The molecule has 34 heavy (non-hydrogen) atoms. The summed E-state index contributed by atoms with van der Waals surface area (Å²) in [6.07, 6.45) is 2.97. The molecule has 1 saturated heterocycles. The molecule has 192 valence electrons. The highest BCUT2D eigenvalue weighted by Crippen LogP contribution is 2.33. The van der Waals surface area contributed by atoms with Gasteiger partial charge in [0.15, 0.2) is 5.78 Å². The molecule has 7 heteroatoms. The molecule has 0 amide bonds. The van der Waals surface area contributed by atoms with Crippen molar-refractivity contribution < 1.29 is 19.1 Å². The van der Waals surface area contributed by atoms with Crippen molar-refractivity contribution in [1.29, 1.82) is 0 Å². The van der Waals surface area contributed by atoms with E-state index in [1.165, 1.54) is 5.56 Å². The van der Waals surface area contributed by atoms with Crippen LogP contribution in [0.25, 0.3) is 0 Å². The third-order valence-electron chi connectivity index (χ3n) is 7.17. The Hall–Kier alpha value is -1.41. The van der Waals surface area contributed by atoms with E-state index in [0.29, 0.717) is 19.1 Å². The average molecular weight is 493 g/mol. The van der Waals surface area contributed by atoms with Crippen LogP contribution in [0.4, 0.5) is 0 Å². The van der Waals surface area contributed by atoms with Crippen LogP contribution < -0.4 is 0 Å². The molecule has 0 aliphatic carbocycles. The van der Waals surface area contributed by atoms with Gasteiger partial charge in [-0.3, -0.25) is 18.8 Å². The maximum Gasteiger partial charge on any atom is 0.316 e. The van der Waals surface area contributed by atoms with Crippen LogP contribution in [0, 0.1) is 17.8 Å².